The molecule has 1 aromatic heterocycles. The number of benzene rings is 1. The van der Waals surface area contributed by atoms with Gasteiger partial charge in [-0.15, -0.1) is 0 Å². The Morgan fingerprint density at radius 1 is 1.17 bits per heavy atom. The van der Waals surface area contributed by atoms with Crippen LogP contribution in [0.25, 0.3) is 0 Å². The number of carbonyl (C=O) groups excluding carboxylic acids is 2. The van der Waals surface area contributed by atoms with Gasteiger partial charge in [0.1, 0.15) is 5.82 Å². The normalized spacial score (nSPS) is 10.2. The first-order valence-corrected chi connectivity index (χ1v) is 7.50. The van der Waals surface area contributed by atoms with E-state index in [2.05, 4.69) is 10.3 Å². The van der Waals surface area contributed by atoms with E-state index in [1.807, 2.05) is 12.1 Å². The molecule has 0 saturated carbocycles. The van der Waals surface area contributed by atoms with Gasteiger partial charge < -0.3 is 16.0 Å². The average molecular weight is 330 g/mol. The lowest BCUT2D eigenvalue weighted by Crippen LogP contribution is -2.38. The summed E-state index contributed by atoms with van der Waals surface area (Å²) < 4.78 is 13.1. The van der Waals surface area contributed by atoms with Crippen LogP contribution in [0.3, 0.4) is 0 Å². The van der Waals surface area contributed by atoms with Gasteiger partial charge in [0.25, 0.3) is 0 Å². The van der Waals surface area contributed by atoms with Crippen LogP contribution in [-0.4, -0.2) is 29.9 Å². The van der Waals surface area contributed by atoms with Crippen molar-refractivity contribution in [3.63, 3.8) is 0 Å². The molecule has 1 heterocycles. The summed E-state index contributed by atoms with van der Waals surface area (Å²) in [5.74, 6) is -1.06. The van der Waals surface area contributed by atoms with Crippen molar-refractivity contribution in [2.24, 2.45) is 5.73 Å². The van der Waals surface area contributed by atoms with Crippen molar-refractivity contribution in [3.05, 3.63) is 60.2 Å². The van der Waals surface area contributed by atoms with Gasteiger partial charge in [-0.3, -0.25) is 14.6 Å². The van der Waals surface area contributed by atoms with Gasteiger partial charge in [0.05, 0.1) is 18.8 Å². The van der Waals surface area contributed by atoms with Crippen LogP contribution in [0.15, 0.2) is 48.7 Å². The summed E-state index contributed by atoms with van der Waals surface area (Å²) in [5.41, 5.74) is 6.56. The second-order valence-corrected chi connectivity index (χ2v) is 5.21. The van der Waals surface area contributed by atoms with E-state index in [0.29, 0.717) is 12.2 Å². The molecular weight excluding hydrogens is 311 g/mol. The topological polar surface area (TPSA) is 88.3 Å². The number of amides is 2. The summed E-state index contributed by atoms with van der Waals surface area (Å²) >= 11 is 0. The number of nitrogens with zero attached hydrogens (tertiary/aromatic N) is 2. The van der Waals surface area contributed by atoms with Gasteiger partial charge in [-0.05, 0) is 36.4 Å². The zero-order valence-electron chi connectivity index (χ0n) is 13.1. The summed E-state index contributed by atoms with van der Waals surface area (Å²) in [4.78, 5) is 29.0. The molecule has 1 aromatic carbocycles. The molecule has 24 heavy (non-hydrogen) atoms. The number of nitrogens with one attached hydrogen (secondary N) is 1. The molecule has 3 N–H and O–H groups in total. The zero-order valence-corrected chi connectivity index (χ0v) is 13.1. The highest BCUT2D eigenvalue weighted by molar-refractivity contribution is 5.82. The number of halogens is 1. The van der Waals surface area contributed by atoms with E-state index in [1.165, 1.54) is 12.1 Å². The molecule has 2 aromatic rings. The fraction of sp³-hybridized carbons (Fsp3) is 0.235. The lowest BCUT2D eigenvalue weighted by atomic mass is 10.2. The number of rotatable bonds is 8. The van der Waals surface area contributed by atoms with Gasteiger partial charge in [-0.25, -0.2) is 4.39 Å². The predicted molar refractivity (Wildman–Crippen MR) is 88.5 cm³/mol. The first-order valence-electron chi connectivity index (χ1n) is 7.50. The highest BCUT2D eigenvalue weighted by atomic mass is 19.1. The molecule has 2 amide bonds. The number of nitrogens with two attached hydrogens (primary N) is 1. The van der Waals surface area contributed by atoms with Crippen molar-refractivity contribution in [2.45, 2.75) is 13.0 Å². The Hall–Kier alpha value is -2.96. The van der Waals surface area contributed by atoms with Crippen LogP contribution in [0, 0.1) is 5.82 Å². The molecule has 0 saturated heterocycles. The molecule has 2 rings (SSSR count). The number of carbonyl (C=O) groups is 2. The van der Waals surface area contributed by atoms with Gasteiger partial charge in [-0.1, -0.05) is 6.07 Å². The fourth-order valence-corrected chi connectivity index (χ4v) is 2.12. The predicted octanol–water partition coefficient (Wildman–Crippen LogP) is 1.22. The van der Waals surface area contributed by atoms with E-state index < -0.39 is 5.91 Å². The number of hydrogen-bond donors (Lipinski definition) is 2. The second-order valence-electron chi connectivity index (χ2n) is 5.21. The molecule has 0 aliphatic rings. The van der Waals surface area contributed by atoms with Crippen LogP contribution < -0.4 is 16.0 Å². The van der Waals surface area contributed by atoms with Gasteiger partial charge in [-0.2, -0.15) is 0 Å². The highest BCUT2D eigenvalue weighted by Crippen LogP contribution is 2.15. The minimum atomic E-state index is -0.462. The second kappa shape index (κ2) is 8.61. The van der Waals surface area contributed by atoms with Crippen LogP contribution in [-0.2, 0) is 16.1 Å². The van der Waals surface area contributed by atoms with Gasteiger partial charge >= 0.3 is 0 Å². The Morgan fingerprint density at radius 3 is 2.54 bits per heavy atom. The Morgan fingerprint density at radius 2 is 1.92 bits per heavy atom. The van der Waals surface area contributed by atoms with E-state index in [4.69, 9.17) is 5.73 Å². The molecule has 0 unspecified atom stereocenters. The molecule has 0 aliphatic heterocycles. The number of hydrogen-bond acceptors (Lipinski definition) is 4. The van der Waals surface area contributed by atoms with E-state index in [9.17, 15) is 14.0 Å². The maximum atomic E-state index is 13.1. The van der Waals surface area contributed by atoms with Crippen molar-refractivity contribution in [1.29, 1.82) is 0 Å². The maximum Gasteiger partial charge on any atom is 0.239 e. The maximum absolute atomic E-state index is 13.1. The molecule has 0 spiro atoms. The van der Waals surface area contributed by atoms with Gasteiger partial charge in [0.2, 0.25) is 11.8 Å². The Balaban J connectivity index is 1.97. The zero-order chi connectivity index (χ0) is 17.4. The van der Waals surface area contributed by atoms with E-state index in [1.54, 1.807) is 29.3 Å². The summed E-state index contributed by atoms with van der Waals surface area (Å²) in [6.07, 6.45) is 1.75. The fourth-order valence-electron chi connectivity index (χ4n) is 2.12. The van der Waals surface area contributed by atoms with Crippen LogP contribution in [0.2, 0.25) is 0 Å². The van der Waals surface area contributed by atoms with Crippen molar-refractivity contribution in [1.82, 2.24) is 10.3 Å². The molecule has 0 radical (unpaired) electrons. The monoisotopic (exact) mass is 330 g/mol. The lowest BCUT2D eigenvalue weighted by molar-refractivity contribution is -0.120. The summed E-state index contributed by atoms with van der Waals surface area (Å²) in [6, 6.07) is 11.2. The molecule has 6 nitrogen and oxygen atoms in total. The molecule has 0 bridgehead atoms. The molecular formula is C17H19FN4O2. The van der Waals surface area contributed by atoms with Gasteiger partial charge in [0.15, 0.2) is 0 Å². The van der Waals surface area contributed by atoms with E-state index in [0.717, 1.165) is 5.69 Å². The minimum absolute atomic E-state index is 0.0335. The standard InChI is InChI=1S/C17H19FN4O2/c18-13-4-6-15(7-5-13)22(10-8-16(19)23)12-17(24)21-11-14-3-1-2-9-20-14/h1-7,9H,8,10-12H2,(H2,19,23)(H,21,24). The largest absolute Gasteiger partial charge is 0.370 e. The van der Waals surface area contributed by atoms with Crippen LogP contribution in [0.5, 0.6) is 0 Å². The van der Waals surface area contributed by atoms with Crippen LogP contribution in [0.4, 0.5) is 10.1 Å². The van der Waals surface area contributed by atoms with Crippen molar-refractivity contribution in [3.8, 4) is 0 Å². The van der Waals surface area contributed by atoms with Crippen LogP contribution >= 0.6 is 0 Å². The molecule has 0 fully saturated rings. The van der Waals surface area contributed by atoms with E-state index >= 15 is 0 Å². The Bertz CT molecular complexity index is 677. The number of pyridine rings is 1. The highest BCUT2D eigenvalue weighted by Gasteiger charge is 2.13. The summed E-state index contributed by atoms with van der Waals surface area (Å²) in [7, 11) is 0. The van der Waals surface area contributed by atoms with Crippen molar-refractivity contribution < 1.29 is 14.0 Å². The molecule has 0 aliphatic carbocycles. The summed E-state index contributed by atoms with van der Waals surface area (Å²) in [5, 5.41) is 2.76. The Labute approximate surface area is 139 Å². The number of aromatic nitrogens is 1. The smallest absolute Gasteiger partial charge is 0.239 e. The number of anilines is 1. The molecule has 0 atom stereocenters. The van der Waals surface area contributed by atoms with E-state index in [-0.39, 0.29) is 31.2 Å². The minimum Gasteiger partial charge on any atom is -0.370 e. The summed E-state index contributed by atoms with van der Waals surface area (Å²) in [6.45, 7) is 0.621. The lowest BCUT2D eigenvalue weighted by Gasteiger charge is -2.23. The van der Waals surface area contributed by atoms with Crippen molar-refractivity contribution in [2.75, 3.05) is 18.0 Å². The third kappa shape index (κ3) is 5.68. The first-order chi connectivity index (χ1) is 11.5. The molecule has 7 heteroatoms. The quantitative estimate of drug-likeness (QED) is 0.762. The van der Waals surface area contributed by atoms with Gasteiger partial charge in [0, 0.05) is 24.8 Å². The average Bonchev–Trinajstić information content (AvgIpc) is 2.58. The Kier molecular flexibility index (Phi) is 6.24. The molecule has 126 valence electrons. The number of primary amides is 1. The third-order valence-corrected chi connectivity index (χ3v) is 3.35. The third-order valence-electron chi connectivity index (χ3n) is 3.35. The van der Waals surface area contributed by atoms with Crippen LogP contribution in [0.1, 0.15) is 12.1 Å². The first kappa shape index (κ1) is 17.4. The van der Waals surface area contributed by atoms with Crippen molar-refractivity contribution >= 4 is 17.5 Å². The SMILES string of the molecule is NC(=O)CCN(CC(=O)NCc1ccccn1)c1ccc(F)cc1.